The Morgan fingerprint density at radius 2 is 2.23 bits per heavy atom. The summed E-state index contributed by atoms with van der Waals surface area (Å²) in [6.07, 6.45) is 6.81. The minimum Gasteiger partial charge on any atom is -0.330 e. The zero-order valence-electron chi connectivity index (χ0n) is 12.9. The molecule has 1 atom stereocenters. The molecule has 1 saturated heterocycles. The van der Waals surface area contributed by atoms with Gasteiger partial charge in [-0.05, 0) is 36.6 Å². The van der Waals surface area contributed by atoms with Crippen LogP contribution in [0.5, 0.6) is 0 Å². The summed E-state index contributed by atoms with van der Waals surface area (Å²) in [7, 11) is 0. The number of nitrogens with two attached hydrogens (primary N) is 1. The lowest BCUT2D eigenvalue weighted by Crippen LogP contribution is -2.31. The highest BCUT2D eigenvalue weighted by atomic mass is 35.5. The van der Waals surface area contributed by atoms with Crippen LogP contribution in [0.3, 0.4) is 0 Å². The van der Waals surface area contributed by atoms with Crippen molar-refractivity contribution in [2.75, 3.05) is 19.6 Å². The van der Waals surface area contributed by atoms with Crippen LogP contribution in [0.1, 0.15) is 24.6 Å². The van der Waals surface area contributed by atoms with Crippen LogP contribution in [0, 0.1) is 5.41 Å². The van der Waals surface area contributed by atoms with Gasteiger partial charge in [-0.25, -0.2) is 4.68 Å². The molecular formula is C15H23ClN6. The van der Waals surface area contributed by atoms with E-state index in [1.54, 1.807) is 6.20 Å². The molecule has 1 fully saturated rings. The van der Waals surface area contributed by atoms with Gasteiger partial charge in [0, 0.05) is 25.5 Å². The van der Waals surface area contributed by atoms with Gasteiger partial charge in [-0.3, -0.25) is 9.88 Å². The van der Waals surface area contributed by atoms with Crippen LogP contribution >= 0.6 is 12.4 Å². The van der Waals surface area contributed by atoms with Gasteiger partial charge in [0.25, 0.3) is 0 Å². The van der Waals surface area contributed by atoms with Crippen LogP contribution in [0.15, 0.2) is 30.7 Å². The van der Waals surface area contributed by atoms with Crippen LogP contribution in [0.25, 0.3) is 0 Å². The fraction of sp³-hybridized carbons (Fsp3) is 0.533. The van der Waals surface area contributed by atoms with Crippen molar-refractivity contribution in [1.82, 2.24) is 24.9 Å². The Morgan fingerprint density at radius 1 is 1.36 bits per heavy atom. The number of halogens is 1. The first kappa shape index (κ1) is 16.9. The average Bonchev–Trinajstić information content (AvgIpc) is 3.08. The van der Waals surface area contributed by atoms with Crippen LogP contribution in [0.2, 0.25) is 0 Å². The molecule has 1 unspecified atom stereocenters. The number of likely N-dealkylation sites (tertiary alicyclic amines) is 1. The number of rotatable bonds is 5. The van der Waals surface area contributed by atoms with Crippen molar-refractivity contribution >= 4 is 12.4 Å². The molecular weight excluding hydrogens is 300 g/mol. The van der Waals surface area contributed by atoms with Gasteiger partial charge < -0.3 is 5.73 Å². The van der Waals surface area contributed by atoms with Crippen molar-refractivity contribution in [1.29, 1.82) is 0 Å². The van der Waals surface area contributed by atoms with Crippen LogP contribution in [0.4, 0.5) is 0 Å². The largest absolute Gasteiger partial charge is 0.330 e. The van der Waals surface area contributed by atoms with E-state index in [0.717, 1.165) is 43.9 Å². The van der Waals surface area contributed by atoms with Gasteiger partial charge in [0.1, 0.15) is 0 Å². The summed E-state index contributed by atoms with van der Waals surface area (Å²) < 4.78 is 1.87. The molecule has 0 radical (unpaired) electrons. The Morgan fingerprint density at radius 3 is 2.91 bits per heavy atom. The van der Waals surface area contributed by atoms with Gasteiger partial charge in [-0.1, -0.05) is 18.2 Å². The van der Waals surface area contributed by atoms with E-state index in [-0.39, 0.29) is 17.8 Å². The summed E-state index contributed by atoms with van der Waals surface area (Å²) >= 11 is 0. The quantitative estimate of drug-likeness (QED) is 0.898. The highest BCUT2D eigenvalue weighted by Crippen LogP contribution is 2.29. The van der Waals surface area contributed by atoms with Crippen molar-refractivity contribution in [3.63, 3.8) is 0 Å². The van der Waals surface area contributed by atoms with Crippen molar-refractivity contribution < 1.29 is 0 Å². The Balaban J connectivity index is 0.00000176. The maximum absolute atomic E-state index is 5.85. The molecule has 7 heteroatoms. The molecule has 22 heavy (non-hydrogen) atoms. The lowest BCUT2D eigenvalue weighted by molar-refractivity contribution is 0.272. The Hall–Kier alpha value is -1.50. The van der Waals surface area contributed by atoms with Gasteiger partial charge in [0.15, 0.2) is 0 Å². The van der Waals surface area contributed by atoms with Crippen molar-refractivity contribution in [2.45, 2.75) is 26.4 Å². The predicted octanol–water partition coefficient (Wildman–Crippen LogP) is 1.31. The molecule has 2 aromatic heterocycles. The second kappa shape index (κ2) is 7.17. The summed E-state index contributed by atoms with van der Waals surface area (Å²) in [5.41, 5.74) is 8.25. The third kappa shape index (κ3) is 4.03. The number of hydrogen-bond acceptors (Lipinski definition) is 5. The fourth-order valence-corrected chi connectivity index (χ4v) is 2.82. The average molecular weight is 323 g/mol. The molecule has 0 spiro atoms. The normalized spacial score (nSPS) is 21.7. The van der Waals surface area contributed by atoms with E-state index < -0.39 is 0 Å². The second-order valence-corrected chi connectivity index (χ2v) is 6.24. The molecule has 0 saturated carbocycles. The van der Waals surface area contributed by atoms with Gasteiger partial charge in [0.2, 0.25) is 0 Å². The highest BCUT2D eigenvalue weighted by molar-refractivity contribution is 5.85. The number of nitrogens with zero attached hydrogens (tertiary/aromatic N) is 5. The Labute approximate surface area is 137 Å². The van der Waals surface area contributed by atoms with E-state index in [9.17, 15) is 0 Å². The summed E-state index contributed by atoms with van der Waals surface area (Å²) in [6.45, 7) is 6.69. The number of aromatic nitrogens is 4. The van der Waals surface area contributed by atoms with Gasteiger partial charge in [-0.2, -0.15) is 0 Å². The zero-order chi connectivity index (χ0) is 14.7. The molecule has 0 bridgehead atoms. The molecule has 0 amide bonds. The summed E-state index contributed by atoms with van der Waals surface area (Å²) in [4.78, 5) is 6.52. The highest BCUT2D eigenvalue weighted by Gasteiger charge is 2.32. The Kier molecular flexibility index (Phi) is 5.50. The van der Waals surface area contributed by atoms with E-state index in [2.05, 4.69) is 27.1 Å². The molecule has 1 aliphatic rings. The van der Waals surface area contributed by atoms with Crippen LogP contribution < -0.4 is 5.73 Å². The van der Waals surface area contributed by atoms with Crippen molar-refractivity contribution in [3.05, 3.63) is 42.0 Å². The van der Waals surface area contributed by atoms with Gasteiger partial charge in [-0.15, -0.1) is 17.5 Å². The first-order chi connectivity index (χ1) is 10.2. The summed E-state index contributed by atoms with van der Waals surface area (Å²) in [5.74, 6) is 0. The third-order valence-electron chi connectivity index (χ3n) is 4.17. The second-order valence-electron chi connectivity index (χ2n) is 6.24. The first-order valence-corrected chi connectivity index (χ1v) is 7.37. The zero-order valence-corrected chi connectivity index (χ0v) is 13.7. The molecule has 2 aromatic rings. The van der Waals surface area contributed by atoms with E-state index in [1.807, 2.05) is 29.2 Å². The van der Waals surface area contributed by atoms with Crippen LogP contribution in [-0.2, 0) is 13.1 Å². The van der Waals surface area contributed by atoms with Crippen molar-refractivity contribution in [2.24, 2.45) is 11.1 Å². The number of pyridine rings is 1. The summed E-state index contributed by atoms with van der Waals surface area (Å²) in [6, 6.07) is 3.98. The first-order valence-electron chi connectivity index (χ1n) is 7.37. The number of hydrogen-bond donors (Lipinski definition) is 1. The topological polar surface area (TPSA) is 72.9 Å². The SMILES string of the molecule is CC1(CN)CCN(Cc2cn(Cc3cccnc3)nn2)C1.Cl. The third-order valence-corrected chi connectivity index (χ3v) is 4.17. The van der Waals surface area contributed by atoms with Gasteiger partial charge >= 0.3 is 0 Å². The standard InChI is InChI=1S/C15H22N6.ClH/c1-15(11-16)4-6-20(12-15)9-14-10-21(19-18-14)8-13-3-2-5-17-7-13;/h2-3,5,7,10H,4,6,8-9,11-12,16H2,1H3;1H. The van der Waals surface area contributed by atoms with E-state index in [1.165, 1.54) is 0 Å². The van der Waals surface area contributed by atoms with Gasteiger partial charge in [0.05, 0.1) is 18.4 Å². The maximum atomic E-state index is 5.85. The van der Waals surface area contributed by atoms with E-state index in [4.69, 9.17) is 5.73 Å². The van der Waals surface area contributed by atoms with Crippen LogP contribution in [-0.4, -0.2) is 44.5 Å². The minimum atomic E-state index is 0. The molecule has 1 aliphatic heterocycles. The minimum absolute atomic E-state index is 0. The molecule has 6 nitrogen and oxygen atoms in total. The molecule has 2 N–H and O–H groups in total. The molecule has 120 valence electrons. The van der Waals surface area contributed by atoms with E-state index in [0.29, 0.717) is 6.54 Å². The van der Waals surface area contributed by atoms with E-state index >= 15 is 0 Å². The molecule has 0 aromatic carbocycles. The Bertz CT molecular complexity index is 587. The molecule has 0 aliphatic carbocycles. The lowest BCUT2D eigenvalue weighted by Gasteiger charge is -2.21. The maximum Gasteiger partial charge on any atom is 0.0967 e. The fourth-order valence-electron chi connectivity index (χ4n) is 2.82. The predicted molar refractivity (Wildman–Crippen MR) is 87.7 cm³/mol. The monoisotopic (exact) mass is 322 g/mol. The summed E-state index contributed by atoms with van der Waals surface area (Å²) in [5, 5.41) is 8.47. The van der Waals surface area contributed by atoms with Crippen molar-refractivity contribution in [3.8, 4) is 0 Å². The smallest absolute Gasteiger partial charge is 0.0967 e. The molecule has 3 rings (SSSR count). The molecule has 3 heterocycles. The lowest BCUT2D eigenvalue weighted by atomic mass is 9.90.